The van der Waals surface area contributed by atoms with Gasteiger partial charge in [-0.3, -0.25) is 24.4 Å². The molecule has 9 nitrogen and oxygen atoms in total. The van der Waals surface area contributed by atoms with Crippen LogP contribution < -0.4 is 5.32 Å². The van der Waals surface area contributed by atoms with Crippen LogP contribution in [0.1, 0.15) is 32.2 Å². The highest BCUT2D eigenvalue weighted by molar-refractivity contribution is 5.80. The molecule has 128 valence electrons. The number of hydrogen-bond donors (Lipinski definition) is 1. The number of ether oxygens (including phenoxy) is 1. The number of rotatable bonds is 7. The number of carbonyl (C=O) groups excluding carboxylic acids is 2. The number of carbonyl (C=O) groups is 2. The smallest absolute Gasteiger partial charge is 0.328 e. The lowest BCUT2D eigenvalue weighted by molar-refractivity contribution is -0.386. The van der Waals surface area contributed by atoms with Crippen LogP contribution in [0.2, 0.25) is 0 Å². The van der Waals surface area contributed by atoms with Crippen molar-refractivity contribution < 1.29 is 19.2 Å². The fraction of sp³-hybridized carbons (Fsp3) is 0.643. The van der Waals surface area contributed by atoms with E-state index in [1.807, 2.05) is 20.8 Å². The molecule has 1 atom stereocenters. The lowest BCUT2D eigenvalue weighted by atomic mass is 10.1. The average molecular weight is 326 g/mol. The van der Waals surface area contributed by atoms with Gasteiger partial charge in [0.05, 0.1) is 4.92 Å². The molecule has 0 aliphatic carbocycles. The molecule has 0 saturated carbocycles. The molecule has 1 rings (SSSR count). The maximum absolute atomic E-state index is 11.7. The summed E-state index contributed by atoms with van der Waals surface area (Å²) >= 11 is 0. The van der Waals surface area contributed by atoms with E-state index in [1.54, 1.807) is 0 Å². The summed E-state index contributed by atoms with van der Waals surface area (Å²) in [5.41, 5.74) is 0.368. The lowest BCUT2D eigenvalue weighted by Crippen LogP contribution is -2.39. The van der Waals surface area contributed by atoms with Gasteiger partial charge in [-0.1, -0.05) is 13.8 Å². The fourth-order valence-electron chi connectivity index (χ4n) is 1.88. The Labute approximate surface area is 134 Å². The number of aryl methyl sites for hydroxylation is 1. The first-order valence-corrected chi connectivity index (χ1v) is 7.26. The van der Waals surface area contributed by atoms with Crippen molar-refractivity contribution >= 4 is 17.6 Å². The van der Waals surface area contributed by atoms with Gasteiger partial charge in [-0.15, -0.1) is 0 Å². The lowest BCUT2D eigenvalue weighted by Gasteiger charge is -2.17. The predicted octanol–water partition coefficient (Wildman–Crippen LogP) is 1.11. The van der Waals surface area contributed by atoms with E-state index in [0.717, 1.165) is 0 Å². The average Bonchev–Trinajstić information content (AvgIpc) is 2.70. The van der Waals surface area contributed by atoms with E-state index in [1.165, 1.54) is 18.5 Å². The molecule has 9 heteroatoms. The number of hydrogen-bond acceptors (Lipinski definition) is 6. The van der Waals surface area contributed by atoms with Crippen molar-refractivity contribution in [1.82, 2.24) is 15.1 Å². The number of nitro groups is 1. The molecule has 0 aromatic carbocycles. The van der Waals surface area contributed by atoms with Crippen molar-refractivity contribution in [2.75, 3.05) is 6.61 Å². The molecule has 1 N–H and O–H groups in total. The number of nitrogens with zero attached hydrogens (tertiary/aromatic N) is 3. The Kier molecular flexibility index (Phi) is 6.23. The third-order valence-electron chi connectivity index (χ3n) is 3.56. The Morgan fingerprint density at radius 1 is 1.35 bits per heavy atom. The number of nitrogens with one attached hydrogen (secondary N) is 1. The summed E-state index contributed by atoms with van der Waals surface area (Å²) in [4.78, 5) is 33.7. The summed E-state index contributed by atoms with van der Waals surface area (Å²) < 4.78 is 6.07. The molecule has 0 fully saturated rings. The first kappa shape index (κ1) is 18.6. The van der Waals surface area contributed by atoms with Crippen LogP contribution in [0.3, 0.4) is 0 Å². The summed E-state index contributed by atoms with van der Waals surface area (Å²) in [6, 6.07) is -0.0279. The van der Waals surface area contributed by atoms with Crippen molar-refractivity contribution in [3.63, 3.8) is 0 Å². The van der Waals surface area contributed by atoms with Gasteiger partial charge in [-0.2, -0.15) is 5.10 Å². The van der Waals surface area contributed by atoms with Gasteiger partial charge in [0.2, 0.25) is 0 Å². The molecular weight excluding hydrogens is 304 g/mol. The predicted molar refractivity (Wildman–Crippen MR) is 81.8 cm³/mol. The maximum atomic E-state index is 11.7. The zero-order chi connectivity index (χ0) is 17.7. The van der Waals surface area contributed by atoms with Crippen LogP contribution in [-0.2, 0) is 20.9 Å². The van der Waals surface area contributed by atoms with E-state index in [4.69, 9.17) is 4.74 Å². The molecule has 0 saturated heterocycles. The highest BCUT2D eigenvalue weighted by atomic mass is 16.6. The van der Waals surface area contributed by atoms with E-state index in [0.29, 0.717) is 0 Å². The summed E-state index contributed by atoms with van der Waals surface area (Å²) in [5, 5.41) is 17.6. The quantitative estimate of drug-likeness (QED) is 0.456. The van der Waals surface area contributed by atoms with Gasteiger partial charge in [0.1, 0.15) is 17.9 Å². The Morgan fingerprint density at radius 2 is 1.96 bits per heavy atom. The zero-order valence-electron chi connectivity index (χ0n) is 14.0. The minimum absolute atomic E-state index is 0.0279. The zero-order valence-corrected chi connectivity index (χ0v) is 14.0. The van der Waals surface area contributed by atoms with E-state index < -0.39 is 17.5 Å². The Bertz CT molecular complexity index is 609. The summed E-state index contributed by atoms with van der Waals surface area (Å²) in [6.07, 6.45) is 0. The third kappa shape index (κ3) is 5.04. The Morgan fingerprint density at radius 3 is 2.43 bits per heavy atom. The van der Waals surface area contributed by atoms with Crippen LogP contribution >= 0.6 is 0 Å². The highest BCUT2D eigenvalue weighted by Gasteiger charge is 2.23. The maximum Gasteiger partial charge on any atom is 0.328 e. The van der Waals surface area contributed by atoms with Gasteiger partial charge >= 0.3 is 11.7 Å². The largest absolute Gasteiger partial charge is 0.454 e. The van der Waals surface area contributed by atoms with Gasteiger partial charge < -0.3 is 10.1 Å². The van der Waals surface area contributed by atoms with Gasteiger partial charge in [0.15, 0.2) is 6.61 Å². The van der Waals surface area contributed by atoms with Crippen molar-refractivity contribution in [3.8, 4) is 0 Å². The normalized spacial score (nSPS) is 12.1. The monoisotopic (exact) mass is 326 g/mol. The SMILES string of the molecule is Cc1nn(CC(=O)OCC(=O)N[C@H](C)C(C)C)c(C)c1[N+](=O)[O-]. The van der Waals surface area contributed by atoms with Crippen LogP contribution in [0.4, 0.5) is 5.69 Å². The first-order valence-electron chi connectivity index (χ1n) is 7.26. The van der Waals surface area contributed by atoms with Crippen LogP contribution in [0.15, 0.2) is 0 Å². The molecule has 1 heterocycles. The fourth-order valence-corrected chi connectivity index (χ4v) is 1.88. The molecule has 0 radical (unpaired) electrons. The molecule has 0 bridgehead atoms. The molecule has 23 heavy (non-hydrogen) atoms. The molecular formula is C14H22N4O5. The van der Waals surface area contributed by atoms with Gasteiger partial charge in [0.25, 0.3) is 5.91 Å². The van der Waals surface area contributed by atoms with Gasteiger partial charge in [0, 0.05) is 6.04 Å². The number of amides is 1. The van der Waals surface area contributed by atoms with E-state index in [2.05, 4.69) is 10.4 Å². The highest BCUT2D eigenvalue weighted by Crippen LogP contribution is 2.21. The van der Waals surface area contributed by atoms with Crippen LogP contribution in [0, 0.1) is 29.9 Å². The first-order chi connectivity index (χ1) is 10.6. The third-order valence-corrected chi connectivity index (χ3v) is 3.56. The number of esters is 1. The van der Waals surface area contributed by atoms with Crippen LogP contribution in [0.5, 0.6) is 0 Å². The molecule has 0 unspecified atom stereocenters. The van der Waals surface area contributed by atoms with E-state index in [-0.39, 0.29) is 41.5 Å². The summed E-state index contributed by atoms with van der Waals surface area (Å²) in [7, 11) is 0. The molecule has 0 aliphatic heterocycles. The molecule has 1 amide bonds. The second-order valence-electron chi connectivity index (χ2n) is 5.70. The van der Waals surface area contributed by atoms with Crippen molar-refractivity contribution in [3.05, 3.63) is 21.5 Å². The molecule has 1 aromatic heterocycles. The van der Waals surface area contributed by atoms with Crippen LogP contribution in [-0.4, -0.2) is 39.2 Å². The molecule has 1 aromatic rings. The van der Waals surface area contributed by atoms with Crippen molar-refractivity contribution in [1.29, 1.82) is 0 Å². The second-order valence-corrected chi connectivity index (χ2v) is 5.70. The minimum Gasteiger partial charge on any atom is -0.454 e. The Balaban J connectivity index is 2.57. The molecule has 0 spiro atoms. The summed E-state index contributed by atoms with van der Waals surface area (Å²) in [6.45, 7) is 8.11. The minimum atomic E-state index is -0.683. The van der Waals surface area contributed by atoms with Gasteiger partial charge in [-0.25, -0.2) is 0 Å². The van der Waals surface area contributed by atoms with Crippen LogP contribution in [0.25, 0.3) is 0 Å². The second kappa shape index (κ2) is 7.70. The Hall–Kier alpha value is -2.45. The molecule has 0 aliphatic rings. The van der Waals surface area contributed by atoms with Gasteiger partial charge in [-0.05, 0) is 26.7 Å². The van der Waals surface area contributed by atoms with E-state index in [9.17, 15) is 19.7 Å². The van der Waals surface area contributed by atoms with Crippen molar-refractivity contribution in [2.24, 2.45) is 5.92 Å². The van der Waals surface area contributed by atoms with Crippen molar-refractivity contribution in [2.45, 2.75) is 47.2 Å². The summed E-state index contributed by atoms with van der Waals surface area (Å²) in [5.74, 6) is -0.804. The topological polar surface area (TPSA) is 116 Å². The van der Waals surface area contributed by atoms with E-state index >= 15 is 0 Å². The standard InChI is InChI=1S/C14H22N4O5/c1-8(2)9(3)15-12(19)7-23-13(20)6-17-11(5)14(18(21)22)10(4)16-17/h8-9H,6-7H2,1-5H3,(H,15,19)/t9-/m1/s1. The number of aromatic nitrogens is 2.